The summed E-state index contributed by atoms with van der Waals surface area (Å²) >= 11 is 0. The minimum absolute atomic E-state index is 0.0432. The summed E-state index contributed by atoms with van der Waals surface area (Å²) in [5.74, 6) is 22.6. The molecule has 0 aliphatic carbocycles. The van der Waals surface area contributed by atoms with Crippen LogP contribution in [0.1, 0.15) is 111 Å². The number of rotatable bonds is 0. The van der Waals surface area contributed by atoms with Gasteiger partial charge in [0.1, 0.15) is 34.6 Å². The second kappa shape index (κ2) is 22.8. The van der Waals surface area contributed by atoms with E-state index in [1.54, 1.807) is 50.9 Å². The minimum atomic E-state index is -0.0432. The molecule has 3 aliphatic rings. The van der Waals surface area contributed by atoms with Crippen LogP contribution < -0.4 is 16.7 Å². The highest BCUT2D eigenvalue weighted by molar-refractivity contribution is 5.76. The molecule has 0 fully saturated rings. The third-order valence-corrected chi connectivity index (χ3v) is 13.7. The molecule has 9 aromatic rings. The summed E-state index contributed by atoms with van der Waals surface area (Å²) in [5, 5.41) is 0. The van der Waals surface area contributed by atoms with Gasteiger partial charge in [0.25, 0.3) is 16.7 Å². The SMILES string of the molecule is CC1CCc2nc3cc(C#Cc4ccccn4)cnc3c(=O)n2CC1.CC1CCc2nc3cc(C#Cc4ccccn4)cnc3c(=O)n2CC1.CC1CCc2nc3cc(C#Cc4ccccn4)cnc3c(=O)n2CC1. The monoisotopic (exact) mass is 990 g/mol. The molecule has 0 N–H and O–H groups in total. The Kier molecular flexibility index (Phi) is 15.1. The van der Waals surface area contributed by atoms with Crippen LogP contribution in [0.2, 0.25) is 0 Å². The highest BCUT2D eigenvalue weighted by Gasteiger charge is 2.20. The van der Waals surface area contributed by atoms with Crippen molar-refractivity contribution < 1.29 is 0 Å². The molecule has 0 amide bonds. The second-order valence-corrected chi connectivity index (χ2v) is 19.4. The highest BCUT2D eigenvalue weighted by atomic mass is 16.1. The molecule has 372 valence electrons. The summed E-state index contributed by atoms with van der Waals surface area (Å²) in [6.45, 7) is 8.84. The lowest BCUT2D eigenvalue weighted by Gasteiger charge is -2.09. The number of aromatic nitrogens is 12. The lowest BCUT2D eigenvalue weighted by atomic mass is 10.0. The van der Waals surface area contributed by atoms with Crippen LogP contribution in [0.15, 0.2) is 124 Å². The molecular weight excluding hydrogens is 937 g/mol. The first-order valence-corrected chi connectivity index (χ1v) is 25.6. The van der Waals surface area contributed by atoms with Gasteiger partial charge in [-0.15, -0.1) is 0 Å². The van der Waals surface area contributed by atoms with Crippen LogP contribution in [0.5, 0.6) is 0 Å². The van der Waals surface area contributed by atoms with Crippen LogP contribution in [0.25, 0.3) is 33.1 Å². The fourth-order valence-corrected chi connectivity index (χ4v) is 9.24. The summed E-state index contributed by atoms with van der Waals surface area (Å²) in [5.41, 5.74) is 7.30. The fraction of sp³-hybridized carbons (Fsp3) is 0.300. The van der Waals surface area contributed by atoms with Crippen LogP contribution in [-0.4, -0.2) is 58.6 Å². The first-order chi connectivity index (χ1) is 36.6. The molecule has 12 heterocycles. The van der Waals surface area contributed by atoms with E-state index >= 15 is 0 Å². The van der Waals surface area contributed by atoms with Gasteiger partial charge in [-0.05, 0) is 129 Å². The maximum absolute atomic E-state index is 12.7. The van der Waals surface area contributed by atoms with Crippen molar-refractivity contribution in [3.05, 3.63) is 192 Å². The normalized spacial score (nSPS) is 16.6. The van der Waals surface area contributed by atoms with E-state index in [-0.39, 0.29) is 16.7 Å². The van der Waals surface area contributed by atoms with Gasteiger partial charge in [0.15, 0.2) is 16.6 Å². The Balaban J connectivity index is 0.000000128. The number of pyridine rings is 6. The molecule has 12 rings (SSSR count). The van der Waals surface area contributed by atoms with Gasteiger partial charge in [0.2, 0.25) is 0 Å². The van der Waals surface area contributed by atoms with Crippen molar-refractivity contribution in [2.24, 2.45) is 17.8 Å². The number of aryl methyl sites for hydroxylation is 3. The fourth-order valence-electron chi connectivity index (χ4n) is 9.24. The van der Waals surface area contributed by atoms with E-state index < -0.39 is 0 Å². The molecule has 0 saturated heterocycles. The molecule has 0 radical (unpaired) electrons. The summed E-state index contributed by atoms with van der Waals surface area (Å²) in [6, 6.07) is 22.3. The Labute approximate surface area is 433 Å². The molecule has 0 bridgehead atoms. The van der Waals surface area contributed by atoms with Crippen LogP contribution in [0.4, 0.5) is 0 Å². The molecule has 75 heavy (non-hydrogen) atoms. The lowest BCUT2D eigenvalue weighted by molar-refractivity contribution is 0.483. The zero-order chi connectivity index (χ0) is 51.7. The summed E-state index contributed by atoms with van der Waals surface area (Å²) in [6.07, 6.45) is 18.7. The molecular formula is C60H54N12O3. The second-order valence-electron chi connectivity index (χ2n) is 19.4. The van der Waals surface area contributed by atoms with Crippen molar-refractivity contribution in [1.29, 1.82) is 0 Å². The molecule has 0 aromatic carbocycles. The van der Waals surface area contributed by atoms with Crippen LogP contribution in [0, 0.1) is 53.3 Å². The van der Waals surface area contributed by atoms with Crippen molar-refractivity contribution in [3.8, 4) is 35.5 Å². The Morgan fingerprint density at radius 2 is 0.707 bits per heavy atom. The third-order valence-electron chi connectivity index (χ3n) is 13.7. The average Bonchev–Trinajstić information content (AvgIpc) is 3.85. The maximum atomic E-state index is 12.7. The molecule has 0 saturated carbocycles. The van der Waals surface area contributed by atoms with Crippen molar-refractivity contribution in [1.82, 2.24) is 58.6 Å². The van der Waals surface area contributed by atoms with E-state index in [1.807, 2.05) is 72.8 Å². The van der Waals surface area contributed by atoms with Gasteiger partial charge in [0.05, 0.1) is 16.6 Å². The number of hydrogen-bond acceptors (Lipinski definition) is 12. The highest BCUT2D eigenvalue weighted by Crippen LogP contribution is 2.22. The predicted octanol–water partition coefficient (Wildman–Crippen LogP) is 7.68. The summed E-state index contributed by atoms with van der Waals surface area (Å²) in [7, 11) is 0. The van der Waals surface area contributed by atoms with E-state index in [9.17, 15) is 14.4 Å². The quantitative estimate of drug-likeness (QED) is 0.135. The van der Waals surface area contributed by atoms with E-state index in [4.69, 9.17) is 15.0 Å². The largest absolute Gasteiger partial charge is 0.295 e. The van der Waals surface area contributed by atoms with E-state index in [2.05, 4.69) is 86.2 Å². The van der Waals surface area contributed by atoms with E-state index in [0.717, 1.165) is 112 Å². The Morgan fingerprint density at radius 1 is 0.400 bits per heavy atom. The first kappa shape index (κ1) is 49.6. The van der Waals surface area contributed by atoms with Crippen LogP contribution in [-0.2, 0) is 38.9 Å². The predicted molar refractivity (Wildman–Crippen MR) is 288 cm³/mol. The number of hydrogen-bond donors (Lipinski definition) is 0. The molecule has 15 nitrogen and oxygen atoms in total. The molecule has 15 heteroatoms. The Morgan fingerprint density at radius 3 is 0.987 bits per heavy atom. The third kappa shape index (κ3) is 11.9. The maximum Gasteiger partial charge on any atom is 0.280 e. The summed E-state index contributed by atoms with van der Waals surface area (Å²) in [4.78, 5) is 77.9. The topological polar surface area (TPSA) is 182 Å². The van der Waals surface area contributed by atoms with Gasteiger partial charge in [0, 0.05) is 92.8 Å². The number of fused-ring (bicyclic) bond motifs is 6. The smallest absolute Gasteiger partial charge is 0.280 e. The number of nitrogens with zero attached hydrogens (tertiary/aromatic N) is 12. The standard InChI is InChI=1S/3C20H18N4O/c3*1-14-5-8-18-23-17-12-15(6-7-16-4-2-3-10-21-16)13-22-19(17)20(25)24(18)11-9-14/h3*2-4,10,12-14H,5,8-9,11H2,1H3. The summed E-state index contributed by atoms with van der Waals surface area (Å²) < 4.78 is 5.37. The van der Waals surface area contributed by atoms with Gasteiger partial charge in [-0.25, -0.2) is 44.9 Å². The lowest BCUT2D eigenvalue weighted by Crippen LogP contribution is -2.25. The van der Waals surface area contributed by atoms with Gasteiger partial charge < -0.3 is 0 Å². The molecule has 3 unspecified atom stereocenters. The van der Waals surface area contributed by atoms with Crippen molar-refractivity contribution >= 4 is 33.1 Å². The zero-order valence-electron chi connectivity index (χ0n) is 42.2. The molecule has 3 aliphatic heterocycles. The van der Waals surface area contributed by atoms with Crippen molar-refractivity contribution in [2.75, 3.05) is 0 Å². The van der Waals surface area contributed by atoms with Crippen molar-refractivity contribution in [3.63, 3.8) is 0 Å². The Bertz CT molecular complexity index is 3540. The van der Waals surface area contributed by atoms with Gasteiger partial charge in [-0.1, -0.05) is 56.7 Å². The zero-order valence-corrected chi connectivity index (χ0v) is 42.2. The minimum Gasteiger partial charge on any atom is -0.295 e. The van der Waals surface area contributed by atoms with Gasteiger partial charge in [-0.3, -0.25) is 28.1 Å². The van der Waals surface area contributed by atoms with E-state index in [1.165, 1.54) is 0 Å². The van der Waals surface area contributed by atoms with Gasteiger partial charge >= 0.3 is 0 Å². The van der Waals surface area contributed by atoms with Gasteiger partial charge in [-0.2, -0.15) is 0 Å². The molecule has 3 atom stereocenters. The van der Waals surface area contributed by atoms with Crippen molar-refractivity contribution in [2.45, 2.75) is 98.2 Å². The Hall–Kier alpha value is -9.00. The van der Waals surface area contributed by atoms with E-state index in [0.29, 0.717) is 67.9 Å². The van der Waals surface area contributed by atoms with Crippen LogP contribution >= 0.6 is 0 Å². The molecule has 0 spiro atoms. The molecule has 9 aromatic heterocycles. The first-order valence-electron chi connectivity index (χ1n) is 25.6. The van der Waals surface area contributed by atoms with Crippen LogP contribution in [0.3, 0.4) is 0 Å². The average molecular weight is 991 g/mol.